The highest BCUT2D eigenvalue weighted by atomic mass is 127. The summed E-state index contributed by atoms with van der Waals surface area (Å²) in [6.07, 6.45) is 1.62. The van der Waals surface area contributed by atoms with Crippen LogP contribution in [0.5, 0.6) is 11.5 Å². The third-order valence-electron chi connectivity index (χ3n) is 5.61. The number of carbonyl (C=O) groups excluding carboxylic acids is 3. The highest BCUT2D eigenvalue weighted by Crippen LogP contribution is 2.37. The molecule has 0 radical (unpaired) electrons. The zero-order valence-electron chi connectivity index (χ0n) is 20.5. The molecule has 1 aliphatic heterocycles. The number of hydrogen-bond donors (Lipinski definition) is 1. The normalized spacial score (nSPS) is 14.3. The SMILES string of the molecule is COc1cc(/C=C2/SC(=O)N(CC(=O)Nc3ccc(C)cc3C)C2=O)cc(I)c1OCc1ccccc1. The summed E-state index contributed by atoms with van der Waals surface area (Å²) in [5.41, 5.74) is 4.34. The van der Waals surface area contributed by atoms with Crippen LogP contribution in [0.4, 0.5) is 10.5 Å². The number of hydrogen-bond acceptors (Lipinski definition) is 6. The Morgan fingerprint density at radius 1 is 1.08 bits per heavy atom. The van der Waals surface area contributed by atoms with Crippen molar-refractivity contribution in [2.24, 2.45) is 0 Å². The van der Waals surface area contributed by atoms with Crippen molar-refractivity contribution in [3.8, 4) is 11.5 Å². The summed E-state index contributed by atoms with van der Waals surface area (Å²) in [6, 6.07) is 19.0. The number of rotatable bonds is 8. The van der Waals surface area contributed by atoms with Crippen molar-refractivity contribution in [3.05, 3.63) is 91.4 Å². The predicted molar refractivity (Wildman–Crippen MR) is 154 cm³/mol. The van der Waals surface area contributed by atoms with Gasteiger partial charge in [-0.2, -0.15) is 0 Å². The molecule has 0 unspecified atom stereocenters. The number of thioether (sulfide) groups is 1. The summed E-state index contributed by atoms with van der Waals surface area (Å²) in [4.78, 5) is 39.3. The summed E-state index contributed by atoms with van der Waals surface area (Å²) in [5.74, 6) is 0.164. The van der Waals surface area contributed by atoms with Crippen LogP contribution in [0.3, 0.4) is 0 Å². The Morgan fingerprint density at radius 3 is 2.54 bits per heavy atom. The fourth-order valence-electron chi connectivity index (χ4n) is 3.77. The molecule has 1 aliphatic rings. The van der Waals surface area contributed by atoms with E-state index in [2.05, 4.69) is 27.9 Å². The first-order valence-corrected chi connectivity index (χ1v) is 13.3. The van der Waals surface area contributed by atoms with E-state index in [0.29, 0.717) is 29.4 Å². The maximum Gasteiger partial charge on any atom is 0.294 e. The monoisotopic (exact) mass is 628 g/mol. The van der Waals surface area contributed by atoms with Crippen LogP contribution in [-0.4, -0.2) is 35.6 Å². The molecule has 0 spiro atoms. The summed E-state index contributed by atoms with van der Waals surface area (Å²) >= 11 is 2.96. The van der Waals surface area contributed by atoms with Gasteiger partial charge in [-0.25, -0.2) is 0 Å². The molecule has 1 N–H and O–H groups in total. The lowest BCUT2D eigenvalue weighted by atomic mass is 10.1. The van der Waals surface area contributed by atoms with E-state index in [0.717, 1.165) is 36.9 Å². The molecule has 190 valence electrons. The Morgan fingerprint density at radius 2 is 1.84 bits per heavy atom. The Balaban J connectivity index is 1.47. The molecule has 37 heavy (non-hydrogen) atoms. The summed E-state index contributed by atoms with van der Waals surface area (Å²) in [6.45, 7) is 3.88. The Bertz CT molecular complexity index is 1390. The second-order valence-electron chi connectivity index (χ2n) is 8.44. The van der Waals surface area contributed by atoms with Crippen LogP contribution in [0.1, 0.15) is 22.3 Å². The summed E-state index contributed by atoms with van der Waals surface area (Å²) < 4.78 is 12.3. The third-order valence-corrected chi connectivity index (χ3v) is 7.32. The minimum Gasteiger partial charge on any atom is -0.493 e. The average molecular weight is 628 g/mol. The fraction of sp³-hybridized carbons (Fsp3) is 0.179. The molecule has 3 amide bonds. The maximum absolute atomic E-state index is 13.0. The van der Waals surface area contributed by atoms with E-state index >= 15 is 0 Å². The number of aryl methyl sites for hydroxylation is 2. The van der Waals surface area contributed by atoms with Gasteiger partial charge in [-0.15, -0.1) is 0 Å². The van der Waals surface area contributed by atoms with Gasteiger partial charge in [-0.05, 0) is 89.2 Å². The van der Waals surface area contributed by atoms with Crippen molar-refractivity contribution in [2.75, 3.05) is 19.0 Å². The predicted octanol–water partition coefficient (Wildman–Crippen LogP) is 6.17. The number of nitrogens with one attached hydrogen (secondary N) is 1. The minimum absolute atomic E-state index is 0.236. The second-order valence-corrected chi connectivity index (χ2v) is 10.6. The van der Waals surface area contributed by atoms with Crippen molar-refractivity contribution in [1.82, 2.24) is 4.90 Å². The summed E-state index contributed by atoms with van der Waals surface area (Å²) in [5, 5.41) is 2.29. The highest BCUT2D eigenvalue weighted by Gasteiger charge is 2.36. The van der Waals surface area contributed by atoms with Gasteiger partial charge in [0.15, 0.2) is 11.5 Å². The lowest BCUT2D eigenvalue weighted by Crippen LogP contribution is -2.36. The van der Waals surface area contributed by atoms with Gasteiger partial charge in [0, 0.05) is 5.69 Å². The third kappa shape index (κ3) is 6.53. The van der Waals surface area contributed by atoms with Crippen LogP contribution >= 0.6 is 34.4 Å². The van der Waals surface area contributed by atoms with Crippen molar-refractivity contribution < 1.29 is 23.9 Å². The molecule has 9 heteroatoms. The largest absolute Gasteiger partial charge is 0.493 e. The first kappa shape index (κ1) is 26.7. The zero-order chi connectivity index (χ0) is 26.5. The molecule has 3 aromatic rings. The molecule has 4 rings (SSSR count). The topological polar surface area (TPSA) is 84.9 Å². The van der Waals surface area contributed by atoms with E-state index in [4.69, 9.17) is 9.47 Å². The minimum atomic E-state index is -0.510. The zero-order valence-corrected chi connectivity index (χ0v) is 23.5. The molecule has 1 fully saturated rings. The number of imide groups is 1. The molecule has 0 saturated carbocycles. The summed E-state index contributed by atoms with van der Waals surface area (Å²) in [7, 11) is 1.55. The van der Waals surface area contributed by atoms with Gasteiger partial charge in [0.25, 0.3) is 11.1 Å². The second kappa shape index (κ2) is 11.8. The first-order valence-electron chi connectivity index (χ1n) is 11.4. The number of anilines is 1. The molecule has 3 aromatic carbocycles. The Hall–Kier alpha value is -3.31. The maximum atomic E-state index is 13.0. The lowest BCUT2D eigenvalue weighted by Gasteiger charge is -2.14. The van der Waals surface area contributed by atoms with E-state index < -0.39 is 17.1 Å². The molecule has 1 saturated heterocycles. The van der Waals surface area contributed by atoms with Crippen LogP contribution in [0.25, 0.3) is 6.08 Å². The van der Waals surface area contributed by atoms with Crippen molar-refractivity contribution in [1.29, 1.82) is 0 Å². The number of halogens is 1. The first-order chi connectivity index (χ1) is 17.7. The van der Waals surface area contributed by atoms with Gasteiger partial charge in [0.1, 0.15) is 13.2 Å². The number of carbonyl (C=O) groups is 3. The van der Waals surface area contributed by atoms with Crippen LogP contribution in [-0.2, 0) is 16.2 Å². The van der Waals surface area contributed by atoms with Gasteiger partial charge in [0.05, 0.1) is 15.6 Å². The molecule has 1 heterocycles. The van der Waals surface area contributed by atoms with Crippen LogP contribution in [0, 0.1) is 17.4 Å². The Kier molecular flexibility index (Phi) is 8.55. The van der Waals surface area contributed by atoms with Gasteiger partial charge < -0.3 is 14.8 Å². The van der Waals surface area contributed by atoms with Gasteiger partial charge in [-0.1, -0.05) is 48.0 Å². The average Bonchev–Trinajstić information content (AvgIpc) is 3.12. The van der Waals surface area contributed by atoms with Crippen molar-refractivity contribution >= 4 is 63.2 Å². The van der Waals surface area contributed by atoms with Crippen LogP contribution < -0.4 is 14.8 Å². The molecule has 0 bridgehead atoms. The highest BCUT2D eigenvalue weighted by molar-refractivity contribution is 14.1. The van der Waals surface area contributed by atoms with Crippen LogP contribution in [0.15, 0.2) is 65.6 Å². The quantitative estimate of drug-likeness (QED) is 0.237. The molecule has 0 aliphatic carbocycles. The van der Waals surface area contributed by atoms with Gasteiger partial charge in [0.2, 0.25) is 5.91 Å². The number of nitrogens with zero attached hydrogens (tertiary/aromatic N) is 1. The van der Waals surface area contributed by atoms with Crippen molar-refractivity contribution in [2.45, 2.75) is 20.5 Å². The van der Waals surface area contributed by atoms with Crippen molar-refractivity contribution in [3.63, 3.8) is 0 Å². The molecular weight excluding hydrogens is 603 g/mol. The van der Waals surface area contributed by atoms with E-state index in [-0.39, 0.29) is 11.4 Å². The van der Waals surface area contributed by atoms with Gasteiger partial charge in [-0.3, -0.25) is 19.3 Å². The fourth-order valence-corrected chi connectivity index (χ4v) is 5.39. The molecule has 0 atom stereocenters. The lowest BCUT2D eigenvalue weighted by molar-refractivity contribution is -0.127. The van der Waals surface area contributed by atoms with E-state index in [1.54, 1.807) is 25.3 Å². The Labute approximate surface area is 233 Å². The van der Waals surface area contributed by atoms with Gasteiger partial charge >= 0.3 is 0 Å². The van der Waals surface area contributed by atoms with E-state index in [1.807, 2.05) is 62.4 Å². The molecule has 0 aromatic heterocycles. The molecule has 7 nitrogen and oxygen atoms in total. The standard InChI is InChI=1S/C28H25IN2O5S/c1-17-9-10-22(18(2)11-17)30-25(32)15-31-27(33)24(37-28(31)34)14-20-12-21(29)26(23(13-20)35-3)36-16-19-7-5-4-6-8-19/h4-14H,15-16H2,1-3H3,(H,30,32)/b24-14+. The van der Waals surface area contributed by atoms with Crippen LogP contribution in [0.2, 0.25) is 0 Å². The van der Waals surface area contributed by atoms with E-state index in [1.165, 1.54) is 0 Å². The number of amides is 3. The van der Waals surface area contributed by atoms with E-state index in [9.17, 15) is 14.4 Å². The number of ether oxygens (including phenoxy) is 2. The smallest absolute Gasteiger partial charge is 0.294 e. The number of benzene rings is 3. The molecular formula is C28H25IN2O5S. The number of methoxy groups -OCH3 is 1.